The quantitative estimate of drug-likeness (QED) is 0.0718. The maximum Gasteiger partial charge on any atom is 0.331 e. The molecule has 0 radical (unpaired) electrons. The van der Waals surface area contributed by atoms with Crippen LogP contribution in [0.2, 0.25) is 0 Å². The number of aliphatic hydroxyl groups excluding tert-OH is 2. The Bertz CT molecular complexity index is 1340. The molecule has 0 amide bonds. The highest BCUT2D eigenvalue weighted by Crippen LogP contribution is 2.72. The fourth-order valence-corrected chi connectivity index (χ4v) is 7.55. The van der Waals surface area contributed by atoms with Gasteiger partial charge in [0.25, 0.3) is 0 Å². The maximum absolute atomic E-state index is 13.2. The van der Waals surface area contributed by atoms with E-state index in [1.165, 1.54) is 23.8 Å². The molecule has 1 saturated carbocycles. The van der Waals surface area contributed by atoms with E-state index >= 15 is 0 Å². The Labute approximate surface area is 269 Å². The molecule has 2 aliphatic carbocycles. The molecule has 3 heterocycles. The van der Waals surface area contributed by atoms with Crippen LogP contribution in [-0.4, -0.2) is 97.3 Å². The molecule has 2 saturated heterocycles. The number of fused-ring (bicyclic) bond motifs is 2. The number of allylic oxidation sites excluding steroid dienone is 3. The van der Waals surface area contributed by atoms with E-state index in [-0.39, 0.29) is 38.0 Å². The van der Waals surface area contributed by atoms with E-state index in [2.05, 4.69) is 19.9 Å². The normalized spacial score (nSPS) is 34.7. The van der Waals surface area contributed by atoms with Crippen molar-refractivity contribution in [1.29, 1.82) is 0 Å². The van der Waals surface area contributed by atoms with Crippen LogP contribution in [-0.2, 0) is 42.8 Å². The van der Waals surface area contributed by atoms with Crippen molar-refractivity contribution < 1.29 is 53.0 Å². The lowest BCUT2D eigenvalue weighted by Crippen LogP contribution is -2.66. The molecule has 2 bridgehead atoms. The molecule has 0 aromatic carbocycles. The number of esters is 3. The van der Waals surface area contributed by atoms with Gasteiger partial charge in [0.15, 0.2) is 0 Å². The highest BCUT2D eigenvalue weighted by atomic mass is 16.6. The summed E-state index contributed by atoms with van der Waals surface area (Å²) in [6.45, 7) is 8.59. The van der Waals surface area contributed by atoms with Gasteiger partial charge in [0.2, 0.25) is 0 Å². The number of epoxide rings is 1. The molecule has 46 heavy (non-hydrogen) atoms. The molecule has 0 aromatic rings. The standard InChI is InChI=1S/C35H46O11/c1-22-9-12-34(20-43-31(39)16-23(2)10-13-36)28(15-22)45-29-18-27(33(34,4)35(29)21-44-35)46-30(38)8-6-5-7-26(24(3)37)41-14-11-25-17-32(40)42-19-25/h5-8,15-17,24,26-29,36-37H,9-14,18-21H2,1-4H3/b7-5+,8-6+,23-16+/t24-,26-,27+,28+,29-,33-,34+,35+/m0/s1. The summed E-state index contributed by atoms with van der Waals surface area (Å²) in [6.07, 6.45) is 11.4. The zero-order chi connectivity index (χ0) is 33.1. The van der Waals surface area contributed by atoms with Gasteiger partial charge in [0.1, 0.15) is 31.0 Å². The number of aliphatic hydroxyl groups is 2. The Morgan fingerprint density at radius 2 is 2.02 bits per heavy atom. The van der Waals surface area contributed by atoms with Crippen LogP contribution in [0.3, 0.4) is 0 Å². The van der Waals surface area contributed by atoms with Crippen LogP contribution >= 0.6 is 0 Å². The first-order chi connectivity index (χ1) is 21.9. The van der Waals surface area contributed by atoms with Gasteiger partial charge in [-0.1, -0.05) is 42.4 Å². The average molecular weight is 643 g/mol. The second kappa shape index (κ2) is 13.9. The third-order valence-electron chi connectivity index (χ3n) is 10.4. The molecule has 0 aromatic heterocycles. The monoisotopic (exact) mass is 642 g/mol. The van der Waals surface area contributed by atoms with Crippen molar-refractivity contribution in [3.63, 3.8) is 0 Å². The van der Waals surface area contributed by atoms with Crippen molar-refractivity contribution in [1.82, 2.24) is 0 Å². The highest BCUT2D eigenvalue weighted by molar-refractivity contribution is 5.85. The first-order valence-electron chi connectivity index (χ1n) is 16.1. The zero-order valence-corrected chi connectivity index (χ0v) is 27.1. The third-order valence-corrected chi connectivity index (χ3v) is 10.4. The largest absolute Gasteiger partial charge is 0.462 e. The summed E-state index contributed by atoms with van der Waals surface area (Å²) in [5, 5.41) is 19.3. The van der Waals surface area contributed by atoms with E-state index in [0.717, 1.165) is 17.6 Å². The summed E-state index contributed by atoms with van der Waals surface area (Å²) in [4.78, 5) is 37.2. The van der Waals surface area contributed by atoms with Gasteiger partial charge in [-0.15, -0.1) is 0 Å². The van der Waals surface area contributed by atoms with Crippen LogP contribution in [0.1, 0.15) is 59.8 Å². The first kappa shape index (κ1) is 34.3. The number of carbonyl (C=O) groups is 3. The van der Waals surface area contributed by atoms with Crippen molar-refractivity contribution in [2.24, 2.45) is 10.8 Å². The highest BCUT2D eigenvalue weighted by Gasteiger charge is 2.83. The van der Waals surface area contributed by atoms with Crippen LogP contribution in [0.4, 0.5) is 0 Å². The van der Waals surface area contributed by atoms with Crippen LogP contribution < -0.4 is 0 Å². The van der Waals surface area contributed by atoms with Gasteiger partial charge in [0, 0.05) is 36.7 Å². The third kappa shape index (κ3) is 6.66. The van der Waals surface area contributed by atoms with Gasteiger partial charge in [-0.3, -0.25) is 0 Å². The number of hydrogen-bond acceptors (Lipinski definition) is 11. The number of ether oxygens (including phenoxy) is 6. The van der Waals surface area contributed by atoms with E-state index in [0.29, 0.717) is 38.9 Å². The van der Waals surface area contributed by atoms with Gasteiger partial charge >= 0.3 is 17.9 Å². The number of cyclic esters (lactones) is 1. The maximum atomic E-state index is 13.2. The van der Waals surface area contributed by atoms with Crippen LogP contribution in [0, 0.1) is 10.8 Å². The van der Waals surface area contributed by atoms with Crippen molar-refractivity contribution in [2.45, 2.75) is 95.9 Å². The molecule has 3 aliphatic heterocycles. The summed E-state index contributed by atoms with van der Waals surface area (Å²) in [5.74, 6) is -1.37. The van der Waals surface area contributed by atoms with Crippen molar-refractivity contribution in [2.75, 3.05) is 33.0 Å². The lowest BCUT2D eigenvalue weighted by Gasteiger charge is -2.58. The average Bonchev–Trinajstić information content (AvgIpc) is 3.67. The van der Waals surface area contributed by atoms with E-state index in [9.17, 15) is 24.6 Å². The molecule has 11 nitrogen and oxygen atoms in total. The molecular weight excluding hydrogens is 596 g/mol. The SMILES string of the molecule is CC1=C[C@H]2O[C@H]3C[C@@H](OC(=O)/C=C/C=C/[C@H](OCCC4=CC(=O)OC4)[C@H](C)O)[C@@](C)([C@@]2(COC(=O)/C=C(\C)CCO)CC1)[C@@]31CO1. The molecule has 2 N–H and O–H groups in total. The Morgan fingerprint density at radius 1 is 1.24 bits per heavy atom. The second-order valence-corrected chi connectivity index (χ2v) is 13.3. The van der Waals surface area contributed by atoms with Gasteiger partial charge in [0.05, 0.1) is 36.9 Å². The van der Waals surface area contributed by atoms with E-state index in [1.807, 2.05) is 0 Å². The van der Waals surface area contributed by atoms with Gasteiger partial charge in [-0.25, -0.2) is 14.4 Å². The minimum atomic E-state index is -0.792. The van der Waals surface area contributed by atoms with E-state index in [4.69, 9.17) is 28.4 Å². The molecule has 1 spiro atoms. The Balaban J connectivity index is 1.27. The fraction of sp³-hybridized carbons (Fsp3) is 0.629. The summed E-state index contributed by atoms with van der Waals surface area (Å²) < 4.78 is 35.5. The Morgan fingerprint density at radius 3 is 2.70 bits per heavy atom. The molecule has 252 valence electrons. The minimum Gasteiger partial charge on any atom is -0.462 e. The molecule has 5 rings (SSSR count). The van der Waals surface area contributed by atoms with Crippen molar-refractivity contribution in [3.8, 4) is 0 Å². The second-order valence-electron chi connectivity index (χ2n) is 13.3. The van der Waals surface area contributed by atoms with Crippen LogP contribution in [0.25, 0.3) is 0 Å². The van der Waals surface area contributed by atoms with Crippen molar-refractivity contribution >= 4 is 17.9 Å². The summed E-state index contributed by atoms with van der Waals surface area (Å²) >= 11 is 0. The summed E-state index contributed by atoms with van der Waals surface area (Å²) in [5.41, 5.74) is 0.749. The molecule has 0 unspecified atom stereocenters. The number of hydrogen-bond donors (Lipinski definition) is 2. The summed E-state index contributed by atoms with van der Waals surface area (Å²) in [7, 11) is 0. The predicted molar refractivity (Wildman–Crippen MR) is 165 cm³/mol. The van der Waals surface area contributed by atoms with Gasteiger partial charge < -0.3 is 38.6 Å². The van der Waals surface area contributed by atoms with Gasteiger partial charge in [-0.05, 0) is 52.0 Å². The lowest BCUT2D eigenvalue weighted by atomic mass is 9.51. The van der Waals surface area contributed by atoms with E-state index < -0.39 is 46.7 Å². The smallest absolute Gasteiger partial charge is 0.331 e. The number of carbonyl (C=O) groups excluding carboxylic acids is 3. The molecule has 5 aliphatic rings. The molecule has 8 atom stereocenters. The minimum absolute atomic E-state index is 0.0517. The molecule has 11 heteroatoms. The Kier molecular flexibility index (Phi) is 10.4. The van der Waals surface area contributed by atoms with E-state index in [1.54, 1.807) is 32.1 Å². The summed E-state index contributed by atoms with van der Waals surface area (Å²) in [6, 6.07) is 0. The predicted octanol–water partition coefficient (Wildman–Crippen LogP) is 3.19. The topological polar surface area (TPSA) is 150 Å². The number of rotatable bonds is 14. The van der Waals surface area contributed by atoms with Crippen LogP contribution in [0.15, 0.2) is 59.3 Å². The molecular formula is C35H46O11. The van der Waals surface area contributed by atoms with Crippen molar-refractivity contribution in [3.05, 3.63) is 59.3 Å². The van der Waals surface area contributed by atoms with Gasteiger partial charge in [-0.2, -0.15) is 0 Å². The molecule has 3 fully saturated rings. The fourth-order valence-electron chi connectivity index (χ4n) is 7.55. The first-order valence-corrected chi connectivity index (χ1v) is 16.1. The zero-order valence-electron chi connectivity index (χ0n) is 27.1. The Hall–Kier alpha value is -3.09. The lowest BCUT2D eigenvalue weighted by molar-refractivity contribution is -0.232. The van der Waals surface area contributed by atoms with Crippen LogP contribution in [0.5, 0.6) is 0 Å².